The molecule has 0 saturated heterocycles. The Labute approximate surface area is 164 Å². The van der Waals surface area contributed by atoms with E-state index in [-0.39, 0.29) is 23.5 Å². The van der Waals surface area contributed by atoms with Crippen LogP contribution in [0.5, 0.6) is 0 Å². The first-order valence-electron chi connectivity index (χ1n) is 9.61. The van der Waals surface area contributed by atoms with Gasteiger partial charge in [-0.25, -0.2) is 4.98 Å². The molecule has 0 unspecified atom stereocenters. The van der Waals surface area contributed by atoms with Gasteiger partial charge in [0.05, 0.1) is 17.3 Å². The van der Waals surface area contributed by atoms with Gasteiger partial charge in [0.15, 0.2) is 5.76 Å². The molecule has 7 heteroatoms. The smallest absolute Gasteiger partial charge is 0.291 e. The number of carbonyl (C=O) groups excluding carboxylic acids is 2. The zero-order valence-electron chi connectivity index (χ0n) is 16.5. The van der Waals surface area contributed by atoms with E-state index in [1.165, 1.54) is 6.26 Å². The van der Waals surface area contributed by atoms with E-state index in [9.17, 15) is 9.59 Å². The highest BCUT2D eigenvalue weighted by atomic mass is 16.3. The summed E-state index contributed by atoms with van der Waals surface area (Å²) in [5.41, 5.74) is 2.42. The van der Waals surface area contributed by atoms with Gasteiger partial charge < -0.3 is 19.6 Å². The molecule has 3 rings (SSSR count). The SMILES string of the molecule is CCC(CC)C(=O)NCCc1nc2cc(NC(=O)c3ccco3)ccc2n1C. The number of nitrogens with zero attached hydrogens (tertiary/aromatic N) is 2. The highest BCUT2D eigenvalue weighted by Crippen LogP contribution is 2.20. The van der Waals surface area contributed by atoms with Crippen molar-refractivity contribution in [3.8, 4) is 0 Å². The molecule has 0 bridgehead atoms. The Morgan fingerprint density at radius 2 is 2.00 bits per heavy atom. The van der Waals surface area contributed by atoms with Crippen LogP contribution in [0.3, 0.4) is 0 Å². The van der Waals surface area contributed by atoms with Crippen LogP contribution in [0.25, 0.3) is 11.0 Å². The van der Waals surface area contributed by atoms with Gasteiger partial charge in [-0.2, -0.15) is 0 Å². The molecule has 0 saturated carbocycles. The van der Waals surface area contributed by atoms with Crippen LogP contribution in [0.1, 0.15) is 43.1 Å². The summed E-state index contributed by atoms with van der Waals surface area (Å²) in [4.78, 5) is 28.9. The Morgan fingerprint density at radius 3 is 2.68 bits per heavy atom. The van der Waals surface area contributed by atoms with E-state index in [1.54, 1.807) is 12.1 Å². The molecule has 0 atom stereocenters. The van der Waals surface area contributed by atoms with Crippen LogP contribution in [0.15, 0.2) is 41.0 Å². The number of hydrogen-bond acceptors (Lipinski definition) is 4. The lowest BCUT2D eigenvalue weighted by Crippen LogP contribution is -2.32. The fourth-order valence-corrected chi connectivity index (χ4v) is 3.25. The number of nitrogens with one attached hydrogen (secondary N) is 2. The minimum absolute atomic E-state index is 0.0702. The van der Waals surface area contributed by atoms with Crippen LogP contribution in [0.4, 0.5) is 5.69 Å². The van der Waals surface area contributed by atoms with Gasteiger partial charge in [-0.15, -0.1) is 0 Å². The molecule has 2 amide bonds. The number of aromatic nitrogens is 2. The molecule has 7 nitrogen and oxygen atoms in total. The average Bonchev–Trinajstić information content (AvgIpc) is 3.32. The Hall–Kier alpha value is -3.09. The lowest BCUT2D eigenvalue weighted by Gasteiger charge is -2.12. The van der Waals surface area contributed by atoms with E-state index in [0.29, 0.717) is 18.7 Å². The van der Waals surface area contributed by atoms with E-state index in [4.69, 9.17) is 4.42 Å². The molecule has 2 aromatic heterocycles. The summed E-state index contributed by atoms with van der Waals surface area (Å²) in [5, 5.41) is 5.81. The first-order chi connectivity index (χ1) is 13.5. The molecule has 28 heavy (non-hydrogen) atoms. The lowest BCUT2D eigenvalue weighted by atomic mass is 10.0. The van der Waals surface area contributed by atoms with Crippen molar-refractivity contribution in [1.29, 1.82) is 0 Å². The van der Waals surface area contributed by atoms with Gasteiger partial charge in [0, 0.05) is 31.6 Å². The van der Waals surface area contributed by atoms with Crippen molar-refractivity contribution in [3.05, 3.63) is 48.2 Å². The number of benzene rings is 1. The largest absolute Gasteiger partial charge is 0.459 e. The van der Waals surface area contributed by atoms with Crippen LogP contribution < -0.4 is 10.6 Å². The summed E-state index contributed by atoms with van der Waals surface area (Å²) in [5.74, 6) is 1.02. The van der Waals surface area contributed by atoms with E-state index in [2.05, 4.69) is 15.6 Å². The number of imidazole rings is 1. The van der Waals surface area contributed by atoms with Crippen molar-refractivity contribution in [1.82, 2.24) is 14.9 Å². The van der Waals surface area contributed by atoms with Gasteiger partial charge >= 0.3 is 0 Å². The molecule has 0 radical (unpaired) electrons. The summed E-state index contributed by atoms with van der Waals surface area (Å²) in [6.45, 7) is 4.61. The van der Waals surface area contributed by atoms with Crippen molar-refractivity contribution in [2.24, 2.45) is 13.0 Å². The minimum atomic E-state index is -0.301. The third-order valence-corrected chi connectivity index (χ3v) is 4.98. The van der Waals surface area contributed by atoms with Crippen molar-refractivity contribution < 1.29 is 14.0 Å². The summed E-state index contributed by atoms with van der Waals surface area (Å²) in [7, 11) is 1.95. The highest BCUT2D eigenvalue weighted by molar-refractivity contribution is 6.03. The number of carbonyl (C=O) groups is 2. The highest BCUT2D eigenvalue weighted by Gasteiger charge is 2.15. The number of furan rings is 1. The number of aryl methyl sites for hydroxylation is 1. The van der Waals surface area contributed by atoms with E-state index in [0.717, 1.165) is 29.7 Å². The van der Waals surface area contributed by atoms with Gasteiger partial charge in [-0.3, -0.25) is 9.59 Å². The number of fused-ring (bicyclic) bond motifs is 1. The van der Waals surface area contributed by atoms with Crippen molar-refractivity contribution >= 4 is 28.5 Å². The molecule has 0 fully saturated rings. The Kier molecular flexibility index (Phi) is 6.13. The molecule has 0 aliphatic rings. The maximum atomic E-state index is 12.1. The molecular formula is C21H26N4O3. The van der Waals surface area contributed by atoms with Crippen LogP contribution in [-0.4, -0.2) is 27.9 Å². The second-order valence-corrected chi connectivity index (χ2v) is 6.78. The molecule has 1 aromatic carbocycles. The topological polar surface area (TPSA) is 89.2 Å². The Bertz CT molecular complexity index is 956. The average molecular weight is 382 g/mol. The normalized spacial score (nSPS) is 11.1. The van der Waals surface area contributed by atoms with Crippen molar-refractivity contribution in [3.63, 3.8) is 0 Å². The van der Waals surface area contributed by atoms with E-state index in [1.807, 2.05) is 43.7 Å². The fraction of sp³-hybridized carbons (Fsp3) is 0.381. The molecule has 0 spiro atoms. The number of amides is 2. The van der Waals surface area contributed by atoms with Gasteiger partial charge in [0.1, 0.15) is 5.82 Å². The Morgan fingerprint density at radius 1 is 1.21 bits per heavy atom. The minimum Gasteiger partial charge on any atom is -0.459 e. The predicted octanol–water partition coefficient (Wildman–Crippen LogP) is 3.51. The third-order valence-electron chi connectivity index (χ3n) is 4.98. The zero-order valence-corrected chi connectivity index (χ0v) is 16.5. The third kappa shape index (κ3) is 4.24. The van der Waals surface area contributed by atoms with E-state index >= 15 is 0 Å². The summed E-state index contributed by atoms with van der Waals surface area (Å²) in [6.07, 6.45) is 3.80. The molecule has 148 valence electrons. The predicted molar refractivity (Wildman–Crippen MR) is 108 cm³/mol. The molecule has 0 aliphatic heterocycles. The van der Waals surface area contributed by atoms with E-state index < -0.39 is 0 Å². The van der Waals surface area contributed by atoms with Gasteiger partial charge in [-0.1, -0.05) is 13.8 Å². The summed E-state index contributed by atoms with van der Waals surface area (Å²) in [6, 6.07) is 8.88. The second kappa shape index (κ2) is 8.73. The monoisotopic (exact) mass is 382 g/mol. The second-order valence-electron chi connectivity index (χ2n) is 6.78. The summed E-state index contributed by atoms with van der Waals surface area (Å²) >= 11 is 0. The standard InChI is InChI=1S/C21H26N4O3/c1-4-14(5-2)20(26)22-11-10-19-24-16-13-15(8-9-17(16)25(19)3)23-21(27)18-7-6-12-28-18/h6-9,12-14H,4-5,10-11H2,1-3H3,(H,22,26)(H,23,27). The zero-order chi connectivity index (χ0) is 20.1. The first-order valence-corrected chi connectivity index (χ1v) is 9.61. The quantitative estimate of drug-likeness (QED) is 0.624. The van der Waals surface area contributed by atoms with Gasteiger partial charge in [0.25, 0.3) is 5.91 Å². The molecule has 2 heterocycles. The number of rotatable bonds is 8. The first kappa shape index (κ1) is 19.7. The molecule has 3 aromatic rings. The maximum Gasteiger partial charge on any atom is 0.291 e. The maximum absolute atomic E-state index is 12.1. The Balaban J connectivity index is 1.67. The summed E-state index contributed by atoms with van der Waals surface area (Å²) < 4.78 is 7.12. The molecule has 0 aliphatic carbocycles. The van der Waals surface area contributed by atoms with Crippen LogP contribution in [-0.2, 0) is 18.3 Å². The van der Waals surface area contributed by atoms with Crippen LogP contribution in [0.2, 0.25) is 0 Å². The van der Waals surface area contributed by atoms with Gasteiger partial charge in [-0.05, 0) is 43.2 Å². The number of anilines is 1. The number of hydrogen-bond donors (Lipinski definition) is 2. The lowest BCUT2D eigenvalue weighted by molar-refractivity contribution is -0.125. The molecule has 2 N–H and O–H groups in total. The van der Waals surface area contributed by atoms with Crippen molar-refractivity contribution in [2.75, 3.05) is 11.9 Å². The van der Waals surface area contributed by atoms with Gasteiger partial charge in [0.2, 0.25) is 5.91 Å². The van der Waals surface area contributed by atoms with Crippen LogP contribution >= 0.6 is 0 Å². The fourth-order valence-electron chi connectivity index (χ4n) is 3.25. The van der Waals surface area contributed by atoms with Crippen LogP contribution in [0, 0.1) is 5.92 Å². The van der Waals surface area contributed by atoms with Crippen molar-refractivity contribution in [2.45, 2.75) is 33.1 Å². The molecular weight excluding hydrogens is 356 g/mol.